The Hall–Kier alpha value is -2.22. The van der Waals surface area contributed by atoms with Crippen molar-refractivity contribution >= 4 is 17.7 Å². The first kappa shape index (κ1) is 13.7. The molecule has 8 nitrogen and oxygen atoms in total. The van der Waals surface area contributed by atoms with Gasteiger partial charge in [-0.1, -0.05) is 6.92 Å². The Morgan fingerprint density at radius 2 is 2.29 bits per heavy atom. The molecule has 21 heavy (non-hydrogen) atoms. The summed E-state index contributed by atoms with van der Waals surface area (Å²) in [5, 5.41) is 5.40. The van der Waals surface area contributed by atoms with Crippen LogP contribution in [0.1, 0.15) is 24.7 Å². The molecule has 2 aliphatic heterocycles. The summed E-state index contributed by atoms with van der Waals surface area (Å²) in [6.45, 7) is 2.27. The van der Waals surface area contributed by atoms with Gasteiger partial charge in [-0.3, -0.25) is 25.0 Å². The minimum absolute atomic E-state index is 0.0747. The molecular formula is C13H17N5O3. The standard InChI is InChI=1S/C13H17N5O3/c1-2-10-12(20)17-11(19)5-18(10)13(21)8-3-7-9(4-14-8)16-6-15-7/h6,8,10,14H,2-5H2,1H3,(H,15,16)(H,17,19,20). The number of carbonyl (C=O) groups is 3. The fourth-order valence-electron chi connectivity index (χ4n) is 2.85. The van der Waals surface area contributed by atoms with Crippen molar-refractivity contribution in [3.63, 3.8) is 0 Å². The van der Waals surface area contributed by atoms with Gasteiger partial charge >= 0.3 is 0 Å². The molecule has 3 rings (SSSR count). The number of nitrogens with one attached hydrogen (secondary N) is 3. The molecule has 0 aromatic carbocycles. The molecule has 0 saturated carbocycles. The van der Waals surface area contributed by atoms with Crippen LogP contribution < -0.4 is 10.6 Å². The normalized spacial score (nSPS) is 25.5. The number of aromatic amines is 1. The van der Waals surface area contributed by atoms with Crippen molar-refractivity contribution in [2.24, 2.45) is 0 Å². The van der Waals surface area contributed by atoms with E-state index in [0.717, 1.165) is 11.4 Å². The van der Waals surface area contributed by atoms with Crippen LogP contribution in [-0.2, 0) is 27.3 Å². The number of rotatable bonds is 2. The number of H-pyrrole nitrogens is 1. The highest BCUT2D eigenvalue weighted by atomic mass is 16.2. The molecule has 2 aliphatic rings. The molecule has 0 radical (unpaired) electrons. The lowest BCUT2D eigenvalue weighted by Crippen LogP contribution is -2.63. The Morgan fingerprint density at radius 3 is 3.05 bits per heavy atom. The Labute approximate surface area is 121 Å². The second-order valence-electron chi connectivity index (χ2n) is 5.27. The highest BCUT2D eigenvalue weighted by Crippen LogP contribution is 2.17. The zero-order valence-electron chi connectivity index (χ0n) is 11.7. The molecule has 1 fully saturated rings. The maximum Gasteiger partial charge on any atom is 0.249 e. The molecule has 1 aromatic rings. The van der Waals surface area contributed by atoms with Gasteiger partial charge in [0.25, 0.3) is 0 Å². The fraction of sp³-hybridized carbons (Fsp3) is 0.538. The van der Waals surface area contributed by atoms with Gasteiger partial charge in [0.2, 0.25) is 17.7 Å². The van der Waals surface area contributed by atoms with E-state index in [9.17, 15) is 14.4 Å². The first-order valence-corrected chi connectivity index (χ1v) is 6.98. The maximum absolute atomic E-state index is 12.6. The zero-order valence-corrected chi connectivity index (χ0v) is 11.7. The summed E-state index contributed by atoms with van der Waals surface area (Å²) in [6.07, 6.45) is 2.54. The van der Waals surface area contributed by atoms with Crippen molar-refractivity contribution < 1.29 is 14.4 Å². The van der Waals surface area contributed by atoms with Crippen LogP contribution in [0.2, 0.25) is 0 Å². The van der Waals surface area contributed by atoms with E-state index < -0.39 is 23.9 Å². The third-order valence-electron chi connectivity index (χ3n) is 3.95. The Balaban J connectivity index is 1.78. The van der Waals surface area contributed by atoms with E-state index in [4.69, 9.17) is 0 Å². The van der Waals surface area contributed by atoms with Crippen molar-refractivity contribution in [2.75, 3.05) is 6.54 Å². The average molecular weight is 291 g/mol. The van der Waals surface area contributed by atoms with Gasteiger partial charge in [0, 0.05) is 13.0 Å². The van der Waals surface area contributed by atoms with E-state index >= 15 is 0 Å². The van der Waals surface area contributed by atoms with Gasteiger partial charge in [0.05, 0.1) is 23.8 Å². The highest BCUT2D eigenvalue weighted by molar-refractivity contribution is 6.04. The molecule has 3 heterocycles. The number of hydrogen-bond acceptors (Lipinski definition) is 5. The van der Waals surface area contributed by atoms with Gasteiger partial charge in [0.1, 0.15) is 12.6 Å². The van der Waals surface area contributed by atoms with Gasteiger partial charge < -0.3 is 9.88 Å². The summed E-state index contributed by atoms with van der Waals surface area (Å²) in [4.78, 5) is 44.6. The van der Waals surface area contributed by atoms with Crippen LogP contribution in [0.3, 0.4) is 0 Å². The quantitative estimate of drug-likeness (QED) is 0.586. The van der Waals surface area contributed by atoms with Gasteiger partial charge in [0.15, 0.2) is 0 Å². The molecule has 1 saturated heterocycles. The molecular weight excluding hydrogens is 274 g/mol. The summed E-state index contributed by atoms with van der Waals surface area (Å²) < 4.78 is 0. The van der Waals surface area contributed by atoms with Crippen LogP contribution in [0.4, 0.5) is 0 Å². The molecule has 0 spiro atoms. The van der Waals surface area contributed by atoms with Gasteiger partial charge in [-0.15, -0.1) is 0 Å². The number of fused-ring (bicyclic) bond motifs is 1. The number of nitrogens with zero attached hydrogens (tertiary/aromatic N) is 2. The molecule has 112 valence electrons. The van der Waals surface area contributed by atoms with Crippen LogP contribution in [0.5, 0.6) is 0 Å². The minimum Gasteiger partial charge on any atom is -0.347 e. The third kappa shape index (κ3) is 2.42. The lowest BCUT2D eigenvalue weighted by atomic mass is 10.0. The van der Waals surface area contributed by atoms with Crippen LogP contribution in [0, 0.1) is 0 Å². The second-order valence-corrected chi connectivity index (χ2v) is 5.27. The van der Waals surface area contributed by atoms with Crippen molar-refractivity contribution in [3.05, 3.63) is 17.7 Å². The molecule has 1 aromatic heterocycles. The largest absolute Gasteiger partial charge is 0.347 e. The molecule has 3 amide bonds. The number of piperazine rings is 1. The van der Waals surface area contributed by atoms with Gasteiger partial charge in [-0.25, -0.2) is 4.98 Å². The van der Waals surface area contributed by atoms with E-state index in [0.29, 0.717) is 19.4 Å². The van der Waals surface area contributed by atoms with E-state index in [-0.39, 0.29) is 12.5 Å². The smallest absolute Gasteiger partial charge is 0.249 e. The van der Waals surface area contributed by atoms with Crippen molar-refractivity contribution in [1.82, 2.24) is 25.5 Å². The summed E-state index contributed by atoms with van der Waals surface area (Å²) in [5.74, 6) is -1.06. The lowest BCUT2D eigenvalue weighted by molar-refractivity contribution is -0.151. The molecule has 0 aliphatic carbocycles. The zero-order chi connectivity index (χ0) is 15.0. The number of aromatic nitrogens is 2. The average Bonchev–Trinajstić information content (AvgIpc) is 2.93. The van der Waals surface area contributed by atoms with Crippen LogP contribution in [0.25, 0.3) is 0 Å². The molecule has 2 unspecified atom stereocenters. The third-order valence-corrected chi connectivity index (χ3v) is 3.95. The monoisotopic (exact) mass is 291 g/mol. The first-order chi connectivity index (χ1) is 10.1. The predicted octanol–water partition coefficient (Wildman–Crippen LogP) is -1.31. The van der Waals surface area contributed by atoms with Crippen molar-refractivity contribution in [1.29, 1.82) is 0 Å². The number of amides is 3. The fourth-order valence-corrected chi connectivity index (χ4v) is 2.85. The van der Waals surface area contributed by atoms with Gasteiger partial charge in [-0.05, 0) is 6.42 Å². The van der Waals surface area contributed by atoms with Crippen molar-refractivity contribution in [2.45, 2.75) is 38.4 Å². The first-order valence-electron chi connectivity index (χ1n) is 6.98. The Bertz CT molecular complexity index is 596. The highest BCUT2D eigenvalue weighted by Gasteiger charge is 2.39. The molecule has 8 heteroatoms. The second kappa shape index (κ2) is 5.28. The number of imidazole rings is 1. The summed E-state index contributed by atoms with van der Waals surface area (Å²) >= 11 is 0. The maximum atomic E-state index is 12.6. The van der Waals surface area contributed by atoms with E-state index in [1.807, 2.05) is 6.92 Å². The number of imide groups is 1. The SMILES string of the molecule is CCC1C(=O)NC(=O)CN1C(=O)C1Cc2nc[nH]c2CN1. The predicted molar refractivity (Wildman–Crippen MR) is 71.9 cm³/mol. The topological polar surface area (TPSA) is 107 Å². The van der Waals surface area contributed by atoms with Crippen LogP contribution in [0.15, 0.2) is 6.33 Å². The summed E-state index contributed by atoms with van der Waals surface area (Å²) in [5.41, 5.74) is 1.83. The van der Waals surface area contributed by atoms with Crippen molar-refractivity contribution in [3.8, 4) is 0 Å². The lowest BCUT2D eigenvalue weighted by Gasteiger charge is -2.36. The number of carbonyl (C=O) groups excluding carboxylic acids is 3. The van der Waals surface area contributed by atoms with E-state index in [2.05, 4.69) is 20.6 Å². The molecule has 0 bridgehead atoms. The molecule has 2 atom stereocenters. The Kier molecular flexibility index (Phi) is 3.46. The van der Waals surface area contributed by atoms with Crippen LogP contribution in [-0.4, -0.2) is 51.2 Å². The Morgan fingerprint density at radius 1 is 1.48 bits per heavy atom. The van der Waals surface area contributed by atoms with E-state index in [1.54, 1.807) is 6.33 Å². The summed E-state index contributed by atoms with van der Waals surface area (Å²) in [7, 11) is 0. The molecule has 3 N–H and O–H groups in total. The van der Waals surface area contributed by atoms with E-state index in [1.165, 1.54) is 4.90 Å². The van der Waals surface area contributed by atoms with Gasteiger partial charge in [-0.2, -0.15) is 0 Å². The minimum atomic E-state index is -0.586. The van der Waals surface area contributed by atoms with Crippen LogP contribution >= 0.6 is 0 Å². The number of hydrogen-bond donors (Lipinski definition) is 3. The summed E-state index contributed by atoms with van der Waals surface area (Å²) in [6, 6.07) is -1.04.